The average Bonchev–Trinajstić information content (AvgIpc) is 3.07. The van der Waals surface area contributed by atoms with Gasteiger partial charge in [-0.15, -0.1) is 5.10 Å². The molecule has 5 nitrogen and oxygen atoms in total. The predicted octanol–water partition coefficient (Wildman–Crippen LogP) is 2.98. The molecular formula is C18H23N5. The van der Waals surface area contributed by atoms with Gasteiger partial charge in [-0.2, -0.15) is 5.10 Å². The van der Waals surface area contributed by atoms with Gasteiger partial charge in [0.05, 0.1) is 18.5 Å². The molecule has 0 saturated heterocycles. The summed E-state index contributed by atoms with van der Waals surface area (Å²) in [5, 5.41) is 8.48. The first-order valence-electron chi connectivity index (χ1n) is 8.46. The Kier molecular flexibility index (Phi) is 3.56. The third-order valence-electron chi connectivity index (χ3n) is 5.07. The van der Waals surface area contributed by atoms with Crippen molar-refractivity contribution in [3.8, 4) is 0 Å². The molecule has 0 amide bonds. The van der Waals surface area contributed by atoms with Crippen LogP contribution in [-0.4, -0.2) is 29.7 Å². The zero-order valence-electron chi connectivity index (χ0n) is 13.6. The van der Waals surface area contributed by atoms with Gasteiger partial charge in [-0.05, 0) is 31.9 Å². The van der Waals surface area contributed by atoms with Gasteiger partial charge in [0, 0.05) is 11.7 Å². The number of benzene rings is 1. The van der Waals surface area contributed by atoms with Crippen LogP contribution < -0.4 is 10.6 Å². The number of nitrogens with zero attached hydrogens (tertiary/aromatic N) is 4. The predicted molar refractivity (Wildman–Crippen MR) is 94.4 cm³/mol. The second kappa shape index (κ2) is 5.72. The van der Waals surface area contributed by atoms with Gasteiger partial charge in [0.15, 0.2) is 5.84 Å². The molecule has 4 rings (SSSR count). The summed E-state index contributed by atoms with van der Waals surface area (Å²) in [6.07, 6.45) is 8.20. The van der Waals surface area contributed by atoms with Crippen LogP contribution in [0.4, 0.5) is 5.69 Å². The summed E-state index contributed by atoms with van der Waals surface area (Å²) in [6.45, 7) is 2.86. The molecule has 0 atom stereocenters. The summed E-state index contributed by atoms with van der Waals surface area (Å²) < 4.78 is 0. The minimum absolute atomic E-state index is 0.542. The summed E-state index contributed by atoms with van der Waals surface area (Å²) in [6, 6.07) is 9.07. The Morgan fingerprint density at radius 1 is 1.09 bits per heavy atom. The van der Waals surface area contributed by atoms with Crippen molar-refractivity contribution in [3.05, 3.63) is 41.2 Å². The van der Waals surface area contributed by atoms with Gasteiger partial charge < -0.3 is 15.5 Å². The van der Waals surface area contributed by atoms with Crippen molar-refractivity contribution in [2.75, 3.05) is 11.6 Å². The molecule has 2 N–H and O–H groups in total. The lowest BCUT2D eigenvalue weighted by Gasteiger charge is -2.43. The quantitative estimate of drug-likeness (QED) is 0.913. The van der Waals surface area contributed by atoms with Crippen LogP contribution in [0.15, 0.2) is 45.9 Å². The first kappa shape index (κ1) is 14.3. The highest BCUT2D eigenvalue weighted by molar-refractivity contribution is 6.19. The van der Waals surface area contributed by atoms with E-state index in [0.717, 1.165) is 29.6 Å². The lowest BCUT2D eigenvalue weighted by molar-refractivity contribution is 0.242. The minimum atomic E-state index is 0.542. The number of anilines is 1. The lowest BCUT2D eigenvalue weighted by Crippen LogP contribution is -2.53. The molecule has 0 radical (unpaired) electrons. The summed E-state index contributed by atoms with van der Waals surface area (Å²) in [5.41, 5.74) is 9.77. The molecule has 23 heavy (non-hydrogen) atoms. The van der Waals surface area contributed by atoms with Crippen LogP contribution in [0, 0.1) is 6.92 Å². The second-order valence-corrected chi connectivity index (χ2v) is 6.63. The normalized spacial score (nSPS) is 21.7. The fourth-order valence-electron chi connectivity index (χ4n) is 3.71. The van der Waals surface area contributed by atoms with Crippen molar-refractivity contribution < 1.29 is 0 Å². The molecule has 1 fully saturated rings. The highest BCUT2D eigenvalue weighted by Gasteiger charge is 2.35. The number of nitrogens with two attached hydrogens (primary N) is 1. The molecule has 1 aromatic rings. The number of rotatable bonds is 2. The monoisotopic (exact) mass is 309 g/mol. The van der Waals surface area contributed by atoms with Crippen LogP contribution in [0.1, 0.15) is 37.7 Å². The first-order chi connectivity index (χ1) is 11.2. The summed E-state index contributed by atoms with van der Waals surface area (Å²) in [4.78, 5) is 4.58. The third-order valence-corrected chi connectivity index (χ3v) is 5.07. The summed E-state index contributed by atoms with van der Waals surface area (Å²) in [7, 11) is 0. The number of amidine groups is 1. The van der Waals surface area contributed by atoms with Gasteiger partial charge in [-0.25, -0.2) is 0 Å². The Bertz CT molecular complexity index is 680. The van der Waals surface area contributed by atoms with Crippen molar-refractivity contribution >= 4 is 17.7 Å². The Hall–Kier alpha value is -2.30. The van der Waals surface area contributed by atoms with E-state index in [1.807, 2.05) is 0 Å². The fraction of sp³-hybridized carbons (Fsp3) is 0.444. The van der Waals surface area contributed by atoms with Crippen molar-refractivity contribution in [1.82, 2.24) is 4.90 Å². The van der Waals surface area contributed by atoms with Crippen molar-refractivity contribution in [2.24, 2.45) is 15.9 Å². The maximum absolute atomic E-state index is 6.43. The minimum Gasteiger partial charge on any atom is -0.384 e. The molecule has 120 valence electrons. The molecule has 0 unspecified atom stereocenters. The molecule has 2 heterocycles. The molecule has 1 saturated carbocycles. The summed E-state index contributed by atoms with van der Waals surface area (Å²) in [5.74, 6) is 1.71. The van der Waals surface area contributed by atoms with Gasteiger partial charge in [-0.1, -0.05) is 37.0 Å². The molecule has 0 bridgehead atoms. The van der Waals surface area contributed by atoms with Crippen molar-refractivity contribution in [1.29, 1.82) is 0 Å². The number of aryl methyl sites for hydroxylation is 1. The molecule has 5 heteroatoms. The van der Waals surface area contributed by atoms with E-state index in [1.54, 1.807) is 6.21 Å². The SMILES string of the molecule is Cc1ccc(N2CN(C3CCCCC3)C3=NN=CC3=C2N)cc1. The van der Waals surface area contributed by atoms with E-state index in [1.165, 1.54) is 37.7 Å². The molecule has 1 aliphatic carbocycles. The van der Waals surface area contributed by atoms with E-state index in [-0.39, 0.29) is 0 Å². The topological polar surface area (TPSA) is 57.2 Å². The number of hydrogen-bond acceptors (Lipinski definition) is 5. The van der Waals surface area contributed by atoms with Crippen LogP contribution >= 0.6 is 0 Å². The van der Waals surface area contributed by atoms with Crippen LogP contribution in [0.2, 0.25) is 0 Å². The molecule has 2 aliphatic heterocycles. The standard InChI is InChI=1S/C18H23N5/c1-13-7-9-15(10-8-13)22-12-23(14-5-3-2-4-6-14)18-16(17(22)19)11-20-21-18/h7-11,14H,2-6,12,19H2,1H3. The zero-order valence-corrected chi connectivity index (χ0v) is 13.6. The zero-order chi connectivity index (χ0) is 15.8. The van der Waals surface area contributed by atoms with E-state index < -0.39 is 0 Å². The van der Waals surface area contributed by atoms with Crippen LogP contribution in [-0.2, 0) is 0 Å². The van der Waals surface area contributed by atoms with E-state index in [9.17, 15) is 0 Å². The third kappa shape index (κ3) is 2.50. The molecular weight excluding hydrogens is 286 g/mol. The maximum Gasteiger partial charge on any atom is 0.165 e. The van der Waals surface area contributed by atoms with Crippen LogP contribution in [0.5, 0.6) is 0 Å². The van der Waals surface area contributed by atoms with E-state index in [0.29, 0.717) is 6.04 Å². The van der Waals surface area contributed by atoms with Gasteiger partial charge in [-0.3, -0.25) is 0 Å². The number of hydrogen-bond donors (Lipinski definition) is 1. The number of fused-ring (bicyclic) bond motifs is 1. The van der Waals surface area contributed by atoms with Crippen LogP contribution in [0.3, 0.4) is 0 Å². The van der Waals surface area contributed by atoms with E-state index >= 15 is 0 Å². The van der Waals surface area contributed by atoms with Crippen LogP contribution in [0.25, 0.3) is 0 Å². The molecule has 0 spiro atoms. The van der Waals surface area contributed by atoms with Crippen molar-refractivity contribution in [3.63, 3.8) is 0 Å². The van der Waals surface area contributed by atoms with Crippen molar-refractivity contribution in [2.45, 2.75) is 45.1 Å². The highest BCUT2D eigenvalue weighted by Crippen LogP contribution is 2.31. The largest absolute Gasteiger partial charge is 0.384 e. The Morgan fingerprint density at radius 3 is 2.57 bits per heavy atom. The second-order valence-electron chi connectivity index (χ2n) is 6.63. The van der Waals surface area contributed by atoms with Gasteiger partial charge >= 0.3 is 0 Å². The summed E-state index contributed by atoms with van der Waals surface area (Å²) >= 11 is 0. The smallest absolute Gasteiger partial charge is 0.165 e. The molecule has 3 aliphatic rings. The Morgan fingerprint density at radius 2 is 1.83 bits per heavy atom. The highest BCUT2D eigenvalue weighted by atomic mass is 15.4. The fourth-order valence-corrected chi connectivity index (χ4v) is 3.71. The molecule has 0 aromatic heterocycles. The molecule has 1 aromatic carbocycles. The van der Waals surface area contributed by atoms with Gasteiger partial charge in [0.25, 0.3) is 0 Å². The lowest BCUT2D eigenvalue weighted by atomic mass is 9.93. The average molecular weight is 309 g/mol. The van der Waals surface area contributed by atoms with Gasteiger partial charge in [0.2, 0.25) is 0 Å². The Balaban J connectivity index is 1.70. The van der Waals surface area contributed by atoms with E-state index in [2.05, 4.69) is 51.2 Å². The first-order valence-corrected chi connectivity index (χ1v) is 8.46. The van der Waals surface area contributed by atoms with E-state index in [4.69, 9.17) is 5.73 Å². The maximum atomic E-state index is 6.43. The Labute approximate surface area is 137 Å². The van der Waals surface area contributed by atoms with Gasteiger partial charge in [0.1, 0.15) is 5.82 Å².